The van der Waals surface area contributed by atoms with Gasteiger partial charge in [-0.2, -0.15) is 10.5 Å². The van der Waals surface area contributed by atoms with Gasteiger partial charge in [0.1, 0.15) is 0 Å². The number of aromatic nitrogens is 5. The van der Waals surface area contributed by atoms with E-state index in [4.69, 9.17) is 15.0 Å². The van der Waals surface area contributed by atoms with Crippen molar-refractivity contribution in [2.24, 2.45) is 0 Å². The minimum atomic E-state index is 0.412. The van der Waals surface area contributed by atoms with E-state index in [0.29, 0.717) is 34.2 Å². The highest BCUT2D eigenvalue weighted by molar-refractivity contribution is 6.12. The van der Waals surface area contributed by atoms with E-state index in [0.717, 1.165) is 99.5 Å². The van der Waals surface area contributed by atoms with Gasteiger partial charge in [0.25, 0.3) is 0 Å². The third-order valence-corrected chi connectivity index (χ3v) is 13.6. The Morgan fingerprint density at radius 2 is 0.681 bits per heavy atom. The smallest absolute Gasteiger partial charge is 0.166 e. The number of fused-ring (bicyclic) bond motifs is 6. The van der Waals surface area contributed by atoms with Crippen molar-refractivity contribution in [3.63, 3.8) is 0 Å². The molecule has 72 heavy (non-hydrogen) atoms. The van der Waals surface area contributed by atoms with Crippen LogP contribution in [0.25, 0.3) is 123 Å². The molecule has 10 aromatic carbocycles. The Morgan fingerprint density at radius 1 is 0.278 bits per heavy atom. The number of nitrogens with zero attached hydrogens (tertiary/aromatic N) is 7. The van der Waals surface area contributed by atoms with Crippen LogP contribution in [0.4, 0.5) is 0 Å². The summed E-state index contributed by atoms with van der Waals surface area (Å²) >= 11 is 0. The van der Waals surface area contributed by atoms with Gasteiger partial charge in [-0.25, -0.2) is 15.0 Å². The largest absolute Gasteiger partial charge is 0.309 e. The molecule has 3 heterocycles. The van der Waals surface area contributed by atoms with Crippen LogP contribution in [0.5, 0.6) is 0 Å². The summed E-state index contributed by atoms with van der Waals surface area (Å²) in [5.74, 6) is 1.34. The van der Waals surface area contributed by atoms with Crippen LogP contribution in [0.1, 0.15) is 11.1 Å². The average molecular weight is 918 g/mol. The van der Waals surface area contributed by atoms with Gasteiger partial charge in [0.15, 0.2) is 17.5 Å². The lowest BCUT2D eigenvalue weighted by molar-refractivity contribution is 1.06. The van der Waals surface area contributed by atoms with Gasteiger partial charge < -0.3 is 9.13 Å². The Hall–Kier alpha value is -10.2. The van der Waals surface area contributed by atoms with Gasteiger partial charge in [-0.05, 0) is 112 Å². The van der Waals surface area contributed by atoms with Crippen LogP contribution < -0.4 is 0 Å². The van der Waals surface area contributed by atoms with Crippen LogP contribution in [0.3, 0.4) is 0 Å². The second kappa shape index (κ2) is 17.4. The van der Waals surface area contributed by atoms with Crippen molar-refractivity contribution in [2.75, 3.05) is 0 Å². The predicted molar refractivity (Wildman–Crippen MR) is 291 cm³/mol. The molecule has 0 unspecified atom stereocenters. The Kier molecular flexibility index (Phi) is 10.1. The fraction of sp³-hybridized carbons (Fsp3) is 0. The normalized spacial score (nSPS) is 11.3. The number of benzene rings is 10. The standard InChI is InChI=1S/C65H39N7/c66-40-42-15-14-22-47(35-42)50-30-34-62(72-58-26-13-11-24-52(58)54-38-49(29-33-60(54)72)45-18-6-2-7-19-45)56(39-50)65-69-63(46-20-8-3-9-21-46)68-64(70-65)55-36-43(41-67)27-31-61(55)71-57-25-12-10-23-51(57)53-37-48(28-32-59(53)71)44-16-4-1-5-17-44/h1-39H. The minimum absolute atomic E-state index is 0.412. The first kappa shape index (κ1) is 41.9. The van der Waals surface area contributed by atoms with E-state index in [1.807, 2.05) is 84.9 Å². The van der Waals surface area contributed by atoms with E-state index in [9.17, 15) is 10.5 Å². The first-order valence-corrected chi connectivity index (χ1v) is 23.8. The Labute approximate surface area is 415 Å². The number of hydrogen-bond donors (Lipinski definition) is 0. The van der Waals surface area contributed by atoms with Gasteiger partial charge in [-0.15, -0.1) is 0 Å². The van der Waals surface area contributed by atoms with Crippen molar-refractivity contribution in [3.05, 3.63) is 248 Å². The number of hydrogen-bond acceptors (Lipinski definition) is 5. The monoisotopic (exact) mass is 917 g/mol. The number of para-hydroxylation sites is 2. The zero-order chi connectivity index (χ0) is 48.1. The topological polar surface area (TPSA) is 96.1 Å². The van der Waals surface area contributed by atoms with Crippen molar-refractivity contribution < 1.29 is 0 Å². The van der Waals surface area contributed by atoms with Crippen LogP contribution in [0.2, 0.25) is 0 Å². The Morgan fingerprint density at radius 3 is 1.24 bits per heavy atom. The molecule has 7 heteroatoms. The van der Waals surface area contributed by atoms with Crippen LogP contribution >= 0.6 is 0 Å². The van der Waals surface area contributed by atoms with E-state index < -0.39 is 0 Å². The molecule has 0 radical (unpaired) electrons. The van der Waals surface area contributed by atoms with E-state index in [1.54, 1.807) is 0 Å². The van der Waals surface area contributed by atoms with Crippen LogP contribution in [-0.4, -0.2) is 24.1 Å². The lowest BCUT2D eigenvalue weighted by Gasteiger charge is -2.18. The third-order valence-electron chi connectivity index (χ3n) is 13.6. The number of rotatable bonds is 8. The van der Waals surface area contributed by atoms with Crippen molar-refractivity contribution in [1.29, 1.82) is 10.5 Å². The first-order chi connectivity index (χ1) is 35.6. The first-order valence-electron chi connectivity index (χ1n) is 23.8. The van der Waals surface area contributed by atoms with Crippen molar-refractivity contribution in [1.82, 2.24) is 24.1 Å². The zero-order valence-corrected chi connectivity index (χ0v) is 38.6. The summed E-state index contributed by atoms with van der Waals surface area (Å²) in [5, 5.41) is 24.9. The molecular formula is C65H39N7. The van der Waals surface area contributed by atoms with Gasteiger partial charge >= 0.3 is 0 Å². The highest BCUT2D eigenvalue weighted by Gasteiger charge is 2.24. The molecular weight excluding hydrogens is 879 g/mol. The van der Waals surface area contributed by atoms with Gasteiger partial charge in [-0.1, -0.05) is 158 Å². The Bertz CT molecular complexity index is 4350. The van der Waals surface area contributed by atoms with Crippen molar-refractivity contribution in [3.8, 4) is 91.1 Å². The molecule has 13 rings (SSSR count). The summed E-state index contributed by atoms with van der Waals surface area (Å²) in [6.07, 6.45) is 0. The maximum Gasteiger partial charge on any atom is 0.166 e. The summed E-state index contributed by atoms with van der Waals surface area (Å²) in [6.45, 7) is 0. The Balaban J connectivity index is 1.09. The maximum atomic E-state index is 10.5. The van der Waals surface area contributed by atoms with Crippen LogP contribution in [0.15, 0.2) is 237 Å². The molecule has 0 N–H and O–H groups in total. The van der Waals surface area contributed by atoms with Crippen LogP contribution in [0, 0.1) is 22.7 Å². The SMILES string of the molecule is N#Cc1cccc(-c2ccc(-n3c4ccccc4c4cc(-c5ccccc5)ccc43)c(-c3nc(-c4ccccc4)nc(-c4cc(C#N)ccc4-n4c5ccccc5c5cc(-c6ccccc6)ccc54)n3)c2)c1. The molecule has 0 fully saturated rings. The highest BCUT2D eigenvalue weighted by Crippen LogP contribution is 2.42. The summed E-state index contributed by atoms with van der Waals surface area (Å²) in [6, 6.07) is 85.6. The molecule has 0 amide bonds. The minimum Gasteiger partial charge on any atom is -0.309 e. The molecule has 334 valence electrons. The fourth-order valence-electron chi connectivity index (χ4n) is 10.3. The van der Waals surface area contributed by atoms with E-state index in [2.05, 4.69) is 173 Å². The van der Waals surface area contributed by atoms with Gasteiger partial charge in [0.05, 0.1) is 56.7 Å². The molecule has 0 aliphatic carbocycles. The van der Waals surface area contributed by atoms with E-state index in [1.165, 1.54) is 0 Å². The average Bonchev–Trinajstić information content (AvgIpc) is 3.97. The zero-order valence-electron chi connectivity index (χ0n) is 38.6. The lowest BCUT2D eigenvalue weighted by Crippen LogP contribution is -2.06. The van der Waals surface area contributed by atoms with Gasteiger partial charge in [0.2, 0.25) is 0 Å². The highest BCUT2D eigenvalue weighted by atomic mass is 15.1. The molecule has 0 aliphatic rings. The predicted octanol–water partition coefficient (Wildman–Crippen LogP) is 15.8. The lowest BCUT2D eigenvalue weighted by atomic mass is 9.99. The van der Waals surface area contributed by atoms with Crippen molar-refractivity contribution in [2.45, 2.75) is 0 Å². The van der Waals surface area contributed by atoms with Crippen LogP contribution in [-0.2, 0) is 0 Å². The molecule has 0 aliphatic heterocycles. The quantitative estimate of drug-likeness (QED) is 0.151. The third kappa shape index (κ3) is 7.17. The molecule has 7 nitrogen and oxygen atoms in total. The molecule has 0 saturated carbocycles. The fourth-order valence-corrected chi connectivity index (χ4v) is 10.3. The molecule has 3 aromatic heterocycles. The second-order valence-corrected chi connectivity index (χ2v) is 17.8. The molecule has 0 bridgehead atoms. The molecule has 0 atom stereocenters. The molecule has 13 aromatic rings. The summed E-state index contributed by atoms with van der Waals surface area (Å²) in [5.41, 5.74) is 15.4. The van der Waals surface area contributed by atoms with Crippen molar-refractivity contribution >= 4 is 43.6 Å². The van der Waals surface area contributed by atoms with E-state index in [-0.39, 0.29) is 0 Å². The van der Waals surface area contributed by atoms with Gasteiger partial charge in [-0.3, -0.25) is 0 Å². The molecule has 0 spiro atoms. The van der Waals surface area contributed by atoms with Gasteiger partial charge in [0, 0.05) is 38.2 Å². The molecule has 0 saturated heterocycles. The maximum absolute atomic E-state index is 10.5. The summed E-state index contributed by atoms with van der Waals surface area (Å²) < 4.78 is 4.57. The summed E-state index contributed by atoms with van der Waals surface area (Å²) in [4.78, 5) is 16.2. The number of nitriles is 2. The van der Waals surface area contributed by atoms with E-state index >= 15 is 0 Å². The second-order valence-electron chi connectivity index (χ2n) is 17.8. The summed E-state index contributed by atoms with van der Waals surface area (Å²) in [7, 11) is 0.